The number of esters is 1. The van der Waals surface area contributed by atoms with Crippen LogP contribution in [-0.2, 0) is 9.53 Å². The highest BCUT2D eigenvalue weighted by Gasteiger charge is 2.51. The maximum absolute atomic E-state index is 12.5. The number of allylic oxidation sites excluding steroid dienone is 1. The fraction of sp³-hybridized carbons (Fsp3) is 0.864. The van der Waals surface area contributed by atoms with Crippen molar-refractivity contribution >= 4 is 5.97 Å². The van der Waals surface area contributed by atoms with Gasteiger partial charge in [0.2, 0.25) is 0 Å². The molecule has 26 heavy (non-hydrogen) atoms. The highest BCUT2D eigenvalue weighted by Crippen LogP contribution is 2.53. The van der Waals surface area contributed by atoms with Crippen LogP contribution in [0.2, 0.25) is 0 Å². The van der Waals surface area contributed by atoms with Gasteiger partial charge >= 0.3 is 5.97 Å². The van der Waals surface area contributed by atoms with E-state index in [1.807, 2.05) is 0 Å². The van der Waals surface area contributed by atoms with E-state index in [0.29, 0.717) is 5.92 Å². The van der Waals surface area contributed by atoms with E-state index in [9.17, 15) is 4.79 Å². The summed E-state index contributed by atoms with van der Waals surface area (Å²) in [5, 5.41) is 3.56. The van der Waals surface area contributed by atoms with Crippen LogP contribution in [0.3, 0.4) is 0 Å². The molecule has 1 N–H and O–H groups in total. The minimum absolute atomic E-state index is 0.00697. The summed E-state index contributed by atoms with van der Waals surface area (Å²) in [6.07, 6.45) is 11.5. The molecule has 4 nitrogen and oxygen atoms in total. The van der Waals surface area contributed by atoms with Crippen LogP contribution in [0, 0.1) is 23.2 Å². The van der Waals surface area contributed by atoms with Crippen molar-refractivity contribution in [3.05, 3.63) is 11.6 Å². The summed E-state index contributed by atoms with van der Waals surface area (Å²) in [4.78, 5) is 15.1. The fourth-order valence-electron chi connectivity index (χ4n) is 5.96. The Morgan fingerprint density at radius 2 is 2.08 bits per heavy atom. The average molecular weight is 361 g/mol. The second-order valence-corrected chi connectivity index (χ2v) is 9.45. The maximum Gasteiger partial charge on any atom is 0.311 e. The third kappa shape index (κ3) is 3.60. The van der Waals surface area contributed by atoms with Crippen molar-refractivity contribution in [3.63, 3.8) is 0 Å². The number of nitrogens with one attached hydrogen (secondary N) is 1. The van der Waals surface area contributed by atoms with E-state index in [1.54, 1.807) is 5.57 Å². The lowest BCUT2D eigenvalue weighted by Crippen LogP contribution is -2.41. The Hall–Kier alpha value is -0.870. The van der Waals surface area contributed by atoms with Gasteiger partial charge in [-0.1, -0.05) is 38.3 Å². The van der Waals surface area contributed by atoms with Gasteiger partial charge in [0.1, 0.15) is 6.10 Å². The van der Waals surface area contributed by atoms with Gasteiger partial charge in [0.25, 0.3) is 0 Å². The number of carbonyl (C=O) groups excluding carboxylic acids is 1. The molecule has 5 atom stereocenters. The van der Waals surface area contributed by atoms with Gasteiger partial charge in [-0.2, -0.15) is 0 Å². The molecule has 0 aromatic carbocycles. The minimum Gasteiger partial charge on any atom is -0.461 e. The van der Waals surface area contributed by atoms with Crippen molar-refractivity contribution in [1.82, 2.24) is 10.2 Å². The van der Waals surface area contributed by atoms with Gasteiger partial charge < -0.3 is 15.0 Å². The van der Waals surface area contributed by atoms with E-state index < -0.39 is 0 Å². The highest BCUT2D eigenvalue weighted by atomic mass is 16.6. The Morgan fingerprint density at radius 3 is 2.88 bits per heavy atom. The molecule has 0 unspecified atom stereocenters. The molecule has 0 bridgehead atoms. The zero-order valence-corrected chi connectivity index (χ0v) is 16.6. The summed E-state index contributed by atoms with van der Waals surface area (Å²) >= 11 is 0. The predicted molar refractivity (Wildman–Crippen MR) is 104 cm³/mol. The minimum atomic E-state index is 0.00697. The number of piperidine rings is 1. The highest BCUT2D eigenvalue weighted by molar-refractivity contribution is 5.76. The Kier molecular flexibility index (Phi) is 5.43. The zero-order chi connectivity index (χ0) is 18.1. The monoisotopic (exact) mass is 360 g/mol. The molecule has 0 amide bonds. The molecular formula is C22H36N2O2. The molecule has 2 aliphatic carbocycles. The van der Waals surface area contributed by atoms with E-state index >= 15 is 0 Å². The molecule has 0 aromatic rings. The van der Waals surface area contributed by atoms with Crippen LogP contribution >= 0.6 is 0 Å². The molecular weight excluding hydrogens is 324 g/mol. The van der Waals surface area contributed by atoms with Gasteiger partial charge in [0.05, 0.1) is 5.92 Å². The molecule has 1 saturated carbocycles. The van der Waals surface area contributed by atoms with E-state index in [4.69, 9.17) is 4.74 Å². The Morgan fingerprint density at radius 1 is 1.27 bits per heavy atom. The molecule has 4 rings (SSSR count). The molecule has 3 fully saturated rings. The number of carbonyl (C=O) groups is 1. The van der Waals surface area contributed by atoms with Gasteiger partial charge in [0.15, 0.2) is 0 Å². The van der Waals surface area contributed by atoms with Gasteiger partial charge in [-0.05, 0) is 56.5 Å². The van der Waals surface area contributed by atoms with Crippen LogP contribution in [0.5, 0.6) is 0 Å². The number of nitrogens with zero attached hydrogens (tertiary/aromatic N) is 1. The first kappa shape index (κ1) is 18.5. The second kappa shape index (κ2) is 7.63. The first-order valence-corrected chi connectivity index (χ1v) is 10.9. The summed E-state index contributed by atoms with van der Waals surface area (Å²) in [6, 6.07) is 0. The zero-order valence-electron chi connectivity index (χ0n) is 16.6. The van der Waals surface area contributed by atoms with E-state index in [0.717, 1.165) is 26.1 Å². The summed E-state index contributed by atoms with van der Waals surface area (Å²) in [7, 11) is 0. The first-order chi connectivity index (χ1) is 12.6. The lowest BCUT2D eigenvalue weighted by atomic mass is 9.59. The van der Waals surface area contributed by atoms with Crippen LogP contribution in [0.4, 0.5) is 0 Å². The Bertz CT molecular complexity index is 554. The standard InChI is InChI=1S/C22H36N2O2/c1-16-7-6-8-22(2)14-20-17(13-19(16)22)18(21(25)26-20)15-23-9-12-24-10-4-3-5-11-24/h13,16-18,20,23H,3-12,14-15H2,1-2H3/t16-,17+,18-,20+,22+/m0/s1. The second-order valence-electron chi connectivity index (χ2n) is 9.45. The Labute approximate surface area is 158 Å². The molecule has 2 heterocycles. The van der Waals surface area contributed by atoms with Crippen molar-refractivity contribution < 1.29 is 9.53 Å². The van der Waals surface area contributed by atoms with Gasteiger partial charge in [-0.25, -0.2) is 0 Å². The third-order valence-electron chi connectivity index (χ3n) is 7.50. The quantitative estimate of drug-likeness (QED) is 0.464. The molecule has 146 valence electrons. The summed E-state index contributed by atoms with van der Waals surface area (Å²) in [5.41, 5.74) is 1.87. The van der Waals surface area contributed by atoms with Gasteiger partial charge in [-0.15, -0.1) is 0 Å². The fourth-order valence-corrected chi connectivity index (χ4v) is 5.96. The first-order valence-electron chi connectivity index (χ1n) is 10.9. The van der Waals surface area contributed by atoms with Crippen LogP contribution < -0.4 is 5.32 Å². The predicted octanol–water partition coefficient (Wildman–Crippen LogP) is 3.38. The van der Waals surface area contributed by atoms with Crippen LogP contribution in [0.1, 0.15) is 58.8 Å². The molecule has 4 aliphatic rings. The number of fused-ring (bicyclic) bond motifs is 2. The number of likely N-dealkylation sites (tertiary alicyclic amines) is 1. The molecule has 0 aromatic heterocycles. The third-order valence-corrected chi connectivity index (χ3v) is 7.50. The summed E-state index contributed by atoms with van der Waals surface area (Å²) in [6.45, 7) is 10.1. The molecule has 2 aliphatic heterocycles. The normalized spacial score (nSPS) is 40.5. The van der Waals surface area contributed by atoms with Crippen molar-refractivity contribution in [2.75, 3.05) is 32.7 Å². The van der Waals surface area contributed by atoms with Crippen LogP contribution in [0.25, 0.3) is 0 Å². The van der Waals surface area contributed by atoms with E-state index in [-0.39, 0.29) is 29.3 Å². The average Bonchev–Trinajstić information content (AvgIpc) is 2.92. The smallest absolute Gasteiger partial charge is 0.311 e. The number of hydrogen-bond acceptors (Lipinski definition) is 4. The lowest BCUT2D eigenvalue weighted by molar-refractivity contribution is -0.145. The van der Waals surface area contributed by atoms with Crippen molar-refractivity contribution in [3.8, 4) is 0 Å². The largest absolute Gasteiger partial charge is 0.461 e. The molecule has 2 saturated heterocycles. The van der Waals surface area contributed by atoms with Gasteiger partial charge in [-0.3, -0.25) is 4.79 Å². The van der Waals surface area contributed by atoms with Crippen LogP contribution in [0.15, 0.2) is 11.6 Å². The van der Waals surface area contributed by atoms with Crippen molar-refractivity contribution in [2.24, 2.45) is 23.2 Å². The molecule has 4 heteroatoms. The SMILES string of the molecule is C[C@H]1CCC[C@]2(C)C[C@H]3OC(=O)[C@@H](CNCCN4CCCCC4)[C@H]3C=C12. The van der Waals surface area contributed by atoms with E-state index in [2.05, 4.69) is 30.1 Å². The van der Waals surface area contributed by atoms with Crippen molar-refractivity contribution in [1.29, 1.82) is 0 Å². The van der Waals surface area contributed by atoms with Crippen molar-refractivity contribution in [2.45, 2.75) is 64.9 Å². The topological polar surface area (TPSA) is 41.6 Å². The van der Waals surface area contributed by atoms with Crippen LogP contribution in [-0.4, -0.2) is 49.7 Å². The van der Waals surface area contributed by atoms with E-state index in [1.165, 1.54) is 51.6 Å². The summed E-state index contributed by atoms with van der Waals surface area (Å²) < 4.78 is 5.84. The number of ether oxygens (including phenoxy) is 1. The Balaban J connectivity index is 1.35. The number of rotatable bonds is 5. The number of hydrogen-bond donors (Lipinski definition) is 1. The summed E-state index contributed by atoms with van der Waals surface area (Å²) in [5.74, 6) is 0.983. The maximum atomic E-state index is 12.5. The van der Waals surface area contributed by atoms with Gasteiger partial charge in [0, 0.05) is 25.6 Å². The lowest BCUT2D eigenvalue weighted by Gasteiger charge is -2.46. The molecule has 0 spiro atoms. The molecule has 0 radical (unpaired) electrons.